The van der Waals surface area contributed by atoms with Crippen LogP contribution in [-0.2, 0) is 11.8 Å². The number of alkyl halides is 5. The Balaban J connectivity index is 2.28. The predicted molar refractivity (Wildman–Crippen MR) is 90.7 cm³/mol. The highest BCUT2D eigenvalue weighted by molar-refractivity contribution is 6.23. The number of hydrogen-bond donors (Lipinski definition) is 0. The molecule has 2 aromatic carbocycles. The Morgan fingerprint density at radius 1 is 0.808 bits per heavy atom. The third-order valence-electron chi connectivity index (χ3n) is 4.29. The summed E-state index contributed by atoms with van der Waals surface area (Å²) in [5.74, 6) is -8.25. The molecule has 0 fully saturated rings. The van der Waals surface area contributed by atoms with E-state index in [1.165, 1.54) is 24.3 Å². The molecule has 0 N–H and O–H groups in total. The van der Waals surface area contributed by atoms with E-state index in [4.69, 9.17) is 21.1 Å². The predicted octanol–water partition coefficient (Wildman–Crippen LogP) is 6.01. The van der Waals surface area contributed by atoms with Crippen molar-refractivity contribution in [3.05, 3.63) is 58.7 Å². The molecule has 0 bridgehead atoms. The summed E-state index contributed by atoms with van der Waals surface area (Å²) in [4.78, 5) is 0. The zero-order valence-corrected chi connectivity index (χ0v) is 14.9. The van der Waals surface area contributed by atoms with E-state index in [9.17, 15) is 17.6 Å². The summed E-state index contributed by atoms with van der Waals surface area (Å²) in [5, 5.41) is -1.19. The molecule has 26 heavy (non-hydrogen) atoms. The smallest absolute Gasteiger partial charge is 0.340 e. The molecule has 1 aliphatic carbocycles. The minimum Gasteiger partial charge on any atom is -0.494 e. The maximum atomic E-state index is 14.8. The second kappa shape index (κ2) is 6.65. The fourth-order valence-electron chi connectivity index (χ4n) is 3.09. The van der Waals surface area contributed by atoms with Crippen LogP contribution in [0.4, 0.5) is 17.6 Å². The van der Waals surface area contributed by atoms with Crippen LogP contribution in [0.1, 0.15) is 41.5 Å². The van der Waals surface area contributed by atoms with Gasteiger partial charge in [0.05, 0.1) is 18.6 Å². The first-order chi connectivity index (χ1) is 12.2. The zero-order chi connectivity index (χ0) is 19.1. The van der Waals surface area contributed by atoms with Crippen molar-refractivity contribution in [2.75, 3.05) is 13.2 Å². The van der Waals surface area contributed by atoms with Gasteiger partial charge in [0.1, 0.15) is 11.5 Å². The van der Waals surface area contributed by atoms with Crippen LogP contribution < -0.4 is 9.47 Å². The Bertz CT molecular complexity index is 756. The Morgan fingerprint density at radius 3 is 1.54 bits per heavy atom. The van der Waals surface area contributed by atoms with E-state index in [-0.39, 0.29) is 11.1 Å². The van der Waals surface area contributed by atoms with Gasteiger partial charge in [-0.3, -0.25) is 0 Å². The molecule has 3 rings (SSSR count). The number of benzene rings is 2. The highest BCUT2D eigenvalue weighted by Gasteiger charge is 2.62. The summed E-state index contributed by atoms with van der Waals surface area (Å²) in [6.45, 7) is 4.08. The van der Waals surface area contributed by atoms with E-state index in [0.717, 1.165) is 12.1 Å². The number of ether oxygens (including phenoxy) is 2. The lowest BCUT2D eigenvalue weighted by molar-refractivity contribution is -0.223. The molecule has 0 heterocycles. The highest BCUT2D eigenvalue weighted by Crippen LogP contribution is 2.57. The van der Waals surface area contributed by atoms with E-state index in [1.807, 2.05) is 0 Å². The topological polar surface area (TPSA) is 18.5 Å². The number of hydrogen-bond acceptors (Lipinski definition) is 2. The fraction of sp³-hybridized carbons (Fsp3) is 0.368. The monoisotopic (exact) mass is 388 g/mol. The van der Waals surface area contributed by atoms with Crippen molar-refractivity contribution < 1.29 is 27.0 Å². The largest absolute Gasteiger partial charge is 0.494 e. The maximum Gasteiger partial charge on any atom is 0.340 e. The molecule has 2 nitrogen and oxygen atoms in total. The normalized spacial score (nSPS) is 17.8. The van der Waals surface area contributed by atoms with Gasteiger partial charge in [-0.15, -0.1) is 11.6 Å². The molecule has 0 spiro atoms. The van der Waals surface area contributed by atoms with E-state index >= 15 is 0 Å². The van der Waals surface area contributed by atoms with E-state index < -0.39 is 28.3 Å². The molecule has 0 aliphatic heterocycles. The van der Waals surface area contributed by atoms with Crippen molar-refractivity contribution in [1.29, 1.82) is 0 Å². The van der Waals surface area contributed by atoms with Crippen LogP contribution in [0.15, 0.2) is 36.4 Å². The van der Waals surface area contributed by atoms with Gasteiger partial charge < -0.3 is 9.47 Å². The third kappa shape index (κ3) is 2.80. The van der Waals surface area contributed by atoms with Crippen molar-refractivity contribution in [2.45, 2.75) is 31.1 Å². The van der Waals surface area contributed by atoms with Crippen LogP contribution in [0.25, 0.3) is 0 Å². The van der Waals surface area contributed by atoms with Gasteiger partial charge >= 0.3 is 11.8 Å². The second-order valence-corrected chi connectivity index (χ2v) is 6.31. The van der Waals surface area contributed by atoms with Gasteiger partial charge in [0.15, 0.2) is 0 Å². The van der Waals surface area contributed by atoms with Gasteiger partial charge in [-0.2, -0.15) is 17.6 Å². The molecule has 0 unspecified atom stereocenters. The minimum absolute atomic E-state index is 0.102. The van der Waals surface area contributed by atoms with Crippen molar-refractivity contribution in [1.82, 2.24) is 0 Å². The molecule has 7 heteroatoms. The minimum atomic E-state index is -4.42. The number of rotatable bonds is 4. The zero-order valence-electron chi connectivity index (χ0n) is 14.2. The lowest BCUT2D eigenvalue weighted by atomic mass is 9.96. The van der Waals surface area contributed by atoms with Crippen LogP contribution in [0, 0.1) is 0 Å². The Labute approximate surface area is 153 Å². The fourth-order valence-corrected chi connectivity index (χ4v) is 3.45. The lowest BCUT2D eigenvalue weighted by Crippen LogP contribution is -2.35. The van der Waals surface area contributed by atoms with Gasteiger partial charge in [0, 0.05) is 11.1 Å². The Morgan fingerprint density at radius 2 is 1.19 bits per heavy atom. The molecule has 0 amide bonds. The second-order valence-electron chi connectivity index (χ2n) is 5.88. The van der Waals surface area contributed by atoms with Gasteiger partial charge in [0.2, 0.25) is 0 Å². The van der Waals surface area contributed by atoms with Crippen molar-refractivity contribution in [3.8, 4) is 11.5 Å². The highest BCUT2D eigenvalue weighted by atomic mass is 35.5. The van der Waals surface area contributed by atoms with Crippen molar-refractivity contribution in [2.24, 2.45) is 0 Å². The summed E-state index contributed by atoms with van der Waals surface area (Å²) >= 11 is 6.40. The molecular weight excluding hydrogens is 372 g/mol. The Kier molecular flexibility index (Phi) is 4.82. The van der Waals surface area contributed by atoms with Crippen molar-refractivity contribution >= 4 is 11.6 Å². The summed E-state index contributed by atoms with van der Waals surface area (Å²) < 4.78 is 69.7. The molecule has 0 saturated heterocycles. The molecule has 140 valence electrons. The summed E-state index contributed by atoms with van der Waals surface area (Å²) in [6, 6.07) is 7.00. The molecule has 0 aromatic heterocycles. The standard InChI is InChI=1S/C19H17ClF4O2/c1-3-25-11-5-7-15-13(9-11)17(20)14-10-12(26-4-2)6-8-16(14)19(23,24)18(15,21)22/h5-10,17H,3-4H2,1-2H3. The summed E-state index contributed by atoms with van der Waals surface area (Å²) in [7, 11) is 0. The Hall–Kier alpha value is -1.95. The van der Waals surface area contributed by atoms with Gasteiger partial charge in [-0.1, -0.05) is 0 Å². The van der Waals surface area contributed by atoms with E-state index in [1.54, 1.807) is 13.8 Å². The van der Waals surface area contributed by atoms with Crippen LogP contribution in [0.5, 0.6) is 11.5 Å². The van der Waals surface area contributed by atoms with Crippen LogP contribution in [0.3, 0.4) is 0 Å². The van der Waals surface area contributed by atoms with Crippen LogP contribution in [-0.4, -0.2) is 13.2 Å². The third-order valence-corrected chi connectivity index (χ3v) is 4.76. The van der Waals surface area contributed by atoms with Gasteiger partial charge in [0.25, 0.3) is 0 Å². The number of halogens is 5. The molecule has 0 saturated carbocycles. The van der Waals surface area contributed by atoms with Crippen LogP contribution >= 0.6 is 11.6 Å². The molecule has 0 atom stereocenters. The average molecular weight is 389 g/mol. The first-order valence-electron chi connectivity index (χ1n) is 8.18. The lowest BCUT2D eigenvalue weighted by Gasteiger charge is -2.27. The molecular formula is C19H17ClF4O2. The SMILES string of the molecule is CCOc1ccc2c(c1)C(Cl)c1cc(OCC)ccc1C(F)(F)C2(F)F. The molecule has 1 aliphatic rings. The summed E-state index contributed by atoms with van der Waals surface area (Å²) in [6.07, 6.45) is 0. The first-order valence-corrected chi connectivity index (χ1v) is 8.61. The van der Waals surface area contributed by atoms with E-state index in [2.05, 4.69) is 0 Å². The van der Waals surface area contributed by atoms with Crippen LogP contribution in [0.2, 0.25) is 0 Å². The quantitative estimate of drug-likeness (QED) is 0.471. The maximum absolute atomic E-state index is 14.8. The summed E-state index contributed by atoms with van der Waals surface area (Å²) in [5.41, 5.74) is -1.82. The van der Waals surface area contributed by atoms with Crippen molar-refractivity contribution in [3.63, 3.8) is 0 Å². The number of fused-ring (bicyclic) bond motifs is 2. The van der Waals surface area contributed by atoms with Gasteiger partial charge in [-0.05, 0) is 61.4 Å². The van der Waals surface area contributed by atoms with Gasteiger partial charge in [-0.25, -0.2) is 0 Å². The molecule has 2 aromatic rings. The average Bonchev–Trinajstić information content (AvgIpc) is 2.64. The van der Waals surface area contributed by atoms with E-state index in [0.29, 0.717) is 24.7 Å². The molecule has 0 radical (unpaired) electrons. The first kappa shape index (κ1) is 18.8.